The van der Waals surface area contributed by atoms with Gasteiger partial charge in [-0.05, 0) is 18.4 Å². The predicted molar refractivity (Wildman–Crippen MR) is 85.8 cm³/mol. The Kier molecular flexibility index (Phi) is 2.59. The van der Waals surface area contributed by atoms with E-state index in [1.807, 2.05) is 30.5 Å². The topological polar surface area (TPSA) is 55.9 Å². The predicted octanol–water partition coefficient (Wildman–Crippen LogP) is 2.48. The van der Waals surface area contributed by atoms with Crippen molar-refractivity contribution in [3.05, 3.63) is 59.8 Å². The van der Waals surface area contributed by atoms with Crippen LogP contribution in [0.25, 0.3) is 11.3 Å². The molecule has 1 aliphatic heterocycles. The molecule has 5 nitrogen and oxygen atoms in total. The van der Waals surface area contributed by atoms with E-state index < -0.39 is 6.10 Å². The second-order valence-corrected chi connectivity index (χ2v) is 6.57. The third kappa shape index (κ3) is 1.71. The van der Waals surface area contributed by atoms with E-state index in [0.717, 1.165) is 29.8 Å². The van der Waals surface area contributed by atoms with Crippen molar-refractivity contribution in [1.82, 2.24) is 19.3 Å². The fourth-order valence-electron chi connectivity index (χ4n) is 4.33. The standard InChI is InChI=1S/C18H18N4O/c1-21-9-14-15(20-21)7-6-13(18(14)23)17-12-5-3-2-4-11(12)16-8-19-10-22(16)17/h2-5,8-10,13,17-18,23H,6-7H2,1H3/t13-,17-,18+/m0/s1. The Morgan fingerprint density at radius 1 is 1.22 bits per heavy atom. The number of aliphatic hydroxyl groups is 1. The molecule has 3 heterocycles. The minimum absolute atomic E-state index is 0.142. The van der Waals surface area contributed by atoms with E-state index in [4.69, 9.17) is 0 Å². The molecule has 0 spiro atoms. The third-order valence-electron chi connectivity index (χ3n) is 5.30. The lowest BCUT2D eigenvalue weighted by Crippen LogP contribution is -2.28. The summed E-state index contributed by atoms with van der Waals surface area (Å²) in [5.41, 5.74) is 5.69. The maximum Gasteiger partial charge on any atom is 0.0956 e. The maximum atomic E-state index is 11.0. The van der Waals surface area contributed by atoms with Crippen molar-refractivity contribution >= 4 is 0 Å². The van der Waals surface area contributed by atoms with Crippen molar-refractivity contribution < 1.29 is 5.11 Å². The summed E-state index contributed by atoms with van der Waals surface area (Å²) in [5.74, 6) is 0.142. The van der Waals surface area contributed by atoms with Crippen LogP contribution in [0.15, 0.2) is 43.0 Å². The first-order valence-corrected chi connectivity index (χ1v) is 8.05. The highest BCUT2D eigenvalue weighted by Gasteiger charge is 2.41. The second-order valence-electron chi connectivity index (χ2n) is 6.57. The van der Waals surface area contributed by atoms with Crippen LogP contribution in [0.4, 0.5) is 0 Å². The minimum atomic E-state index is -0.487. The molecule has 2 aromatic heterocycles. The zero-order valence-corrected chi connectivity index (χ0v) is 12.9. The first-order valence-electron chi connectivity index (χ1n) is 8.05. The molecular formula is C18H18N4O. The number of imidazole rings is 1. The highest BCUT2D eigenvalue weighted by Crippen LogP contribution is 2.49. The maximum absolute atomic E-state index is 11.0. The molecule has 5 heteroatoms. The summed E-state index contributed by atoms with van der Waals surface area (Å²) in [7, 11) is 1.92. The van der Waals surface area contributed by atoms with Gasteiger partial charge in [-0.15, -0.1) is 0 Å². The Morgan fingerprint density at radius 3 is 3.00 bits per heavy atom. The van der Waals surface area contributed by atoms with Gasteiger partial charge in [0.25, 0.3) is 0 Å². The number of aryl methyl sites for hydroxylation is 2. The first-order chi connectivity index (χ1) is 11.2. The fraction of sp³-hybridized carbons (Fsp3) is 0.333. The van der Waals surface area contributed by atoms with Gasteiger partial charge in [0.15, 0.2) is 0 Å². The third-order valence-corrected chi connectivity index (χ3v) is 5.30. The van der Waals surface area contributed by atoms with Gasteiger partial charge in [-0.25, -0.2) is 4.98 Å². The smallest absolute Gasteiger partial charge is 0.0956 e. The largest absolute Gasteiger partial charge is 0.388 e. The number of hydrogen-bond donors (Lipinski definition) is 1. The monoisotopic (exact) mass is 306 g/mol. The molecule has 1 aromatic carbocycles. The van der Waals surface area contributed by atoms with Gasteiger partial charge < -0.3 is 9.67 Å². The summed E-state index contributed by atoms with van der Waals surface area (Å²) in [6.07, 6.45) is 7.14. The van der Waals surface area contributed by atoms with Crippen LogP contribution < -0.4 is 0 Å². The van der Waals surface area contributed by atoms with E-state index in [1.54, 1.807) is 0 Å². The summed E-state index contributed by atoms with van der Waals surface area (Å²) < 4.78 is 4.03. The Hall–Kier alpha value is -2.40. The van der Waals surface area contributed by atoms with Gasteiger partial charge in [0, 0.05) is 30.3 Å². The van der Waals surface area contributed by atoms with Gasteiger partial charge in [0.05, 0.1) is 36.1 Å². The van der Waals surface area contributed by atoms with Gasteiger partial charge in [0.2, 0.25) is 0 Å². The van der Waals surface area contributed by atoms with E-state index in [-0.39, 0.29) is 12.0 Å². The number of aliphatic hydroxyl groups excluding tert-OH is 1. The molecule has 0 saturated heterocycles. The molecule has 1 aliphatic carbocycles. The zero-order chi connectivity index (χ0) is 15.6. The van der Waals surface area contributed by atoms with Crippen LogP contribution in [0.5, 0.6) is 0 Å². The lowest BCUT2D eigenvalue weighted by molar-refractivity contribution is 0.0718. The second kappa shape index (κ2) is 4.55. The van der Waals surface area contributed by atoms with E-state index in [0.29, 0.717) is 0 Å². The van der Waals surface area contributed by atoms with Crippen LogP contribution in [-0.2, 0) is 13.5 Å². The summed E-state index contributed by atoms with van der Waals surface area (Å²) in [5, 5.41) is 15.5. The highest BCUT2D eigenvalue weighted by atomic mass is 16.3. The molecule has 3 atom stereocenters. The minimum Gasteiger partial charge on any atom is -0.388 e. The van der Waals surface area contributed by atoms with Crippen molar-refractivity contribution in [1.29, 1.82) is 0 Å². The molecule has 1 N–H and O–H groups in total. The van der Waals surface area contributed by atoms with E-state index in [2.05, 4.69) is 38.9 Å². The average molecular weight is 306 g/mol. The van der Waals surface area contributed by atoms with Crippen molar-refractivity contribution in [2.24, 2.45) is 13.0 Å². The Labute approximate surface area is 134 Å². The van der Waals surface area contributed by atoms with Crippen LogP contribution in [0, 0.1) is 5.92 Å². The van der Waals surface area contributed by atoms with Gasteiger partial charge in [-0.2, -0.15) is 5.10 Å². The first kappa shape index (κ1) is 13.1. The molecule has 3 aromatic rings. The number of benzene rings is 1. The van der Waals surface area contributed by atoms with Crippen molar-refractivity contribution in [3.63, 3.8) is 0 Å². The molecule has 23 heavy (non-hydrogen) atoms. The number of hydrogen-bond acceptors (Lipinski definition) is 3. The summed E-state index contributed by atoms with van der Waals surface area (Å²) in [6.45, 7) is 0. The molecule has 2 aliphatic rings. The van der Waals surface area contributed by atoms with Crippen LogP contribution in [0.2, 0.25) is 0 Å². The molecule has 5 rings (SSSR count). The SMILES string of the molecule is Cn1cc2c(n1)CC[C@@H]([C@@H]1c3ccccc3-c3cncn31)[C@H]2O. The summed E-state index contributed by atoms with van der Waals surface area (Å²) in [4.78, 5) is 4.33. The van der Waals surface area contributed by atoms with Crippen LogP contribution >= 0.6 is 0 Å². The lowest BCUT2D eigenvalue weighted by Gasteiger charge is -2.33. The molecular weight excluding hydrogens is 288 g/mol. The zero-order valence-electron chi connectivity index (χ0n) is 12.9. The molecule has 0 bridgehead atoms. The van der Waals surface area contributed by atoms with Crippen molar-refractivity contribution in [2.45, 2.75) is 25.0 Å². The van der Waals surface area contributed by atoms with E-state index in [9.17, 15) is 5.11 Å². The van der Waals surface area contributed by atoms with Gasteiger partial charge in [0.1, 0.15) is 0 Å². The van der Waals surface area contributed by atoms with Crippen molar-refractivity contribution in [3.8, 4) is 11.3 Å². The molecule has 0 amide bonds. The molecule has 116 valence electrons. The Morgan fingerprint density at radius 2 is 2.09 bits per heavy atom. The van der Waals surface area contributed by atoms with E-state index in [1.165, 1.54) is 11.1 Å². The molecule has 0 radical (unpaired) electrons. The normalized spacial score (nSPS) is 25.0. The van der Waals surface area contributed by atoms with Gasteiger partial charge in [-0.3, -0.25) is 4.68 Å². The number of aromatic nitrogens is 4. The number of fused-ring (bicyclic) bond motifs is 4. The number of nitrogens with zero attached hydrogens (tertiary/aromatic N) is 4. The fourth-order valence-corrected chi connectivity index (χ4v) is 4.33. The number of rotatable bonds is 1. The average Bonchev–Trinajstić information content (AvgIpc) is 3.22. The van der Waals surface area contributed by atoms with Crippen LogP contribution in [0.3, 0.4) is 0 Å². The van der Waals surface area contributed by atoms with Gasteiger partial charge >= 0.3 is 0 Å². The highest BCUT2D eigenvalue weighted by molar-refractivity contribution is 5.69. The quantitative estimate of drug-likeness (QED) is 0.751. The van der Waals surface area contributed by atoms with E-state index >= 15 is 0 Å². The van der Waals surface area contributed by atoms with Crippen molar-refractivity contribution in [2.75, 3.05) is 0 Å². The van der Waals surface area contributed by atoms with Crippen LogP contribution in [0.1, 0.15) is 35.4 Å². The summed E-state index contributed by atoms with van der Waals surface area (Å²) in [6, 6.07) is 8.62. The molecule has 0 fully saturated rings. The summed E-state index contributed by atoms with van der Waals surface area (Å²) >= 11 is 0. The van der Waals surface area contributed by atoms with Crippen LogP contribution in [-0.4, -0.2) is 24.4 Å². The molecule has 0 unspecified atom stereocenters. The Balaban J connectivity index is 1.63. The van der Waals surface area contributed by atoms with Gasteiger partial charge in [-0.1, -0.05) is 24.3 Å². The Bertz CT molecular complexity index is 894. The lowest BCUT2D eigenvalue weighted by atomic mass is 9.78. The molecule has 0 saturated carbocycles.